The van der Waals surface area contributed by atoms with Gasteiger partial charge in [-0.3, -0.25) is 20.2 Å². The van der Waals surface area contributed by atoms with Crippen LogP contribution in [0.25, 0.3) is 0 Å². The highest BCUT2D eigenvalue weighted by molar-refractivity contribution is 7.15. The third-order valence-electron chi connectivity index (χ3n) is 3.82. The summed E-state index contributed by atoms with van der Waals surface area (Å²) >= 11 is 0.925. The summed E-state index contributed by atoms with van der Waals surface area (Å²) in [5, 5.41) is 23.2. The Labute approximate surface area is 121 Å². The van der Waals surface area contributed by atoms with E-state index in [4.69, 9.17) is 0 Å². The Morgan fingerprint density at radius 2 is 2.20 bits per heavy atom. The van der Waals surface area contributed by atoms with Gasteiger partial charge in [-0.05, 0) is 24.8 Å². The molecule has 0 radical (unpaired) electrons. The Morgan fingerprint density at radius 1 is 1.50 bits per heavy atom. The topological polar surface area (TPSA) is 92.5 Å². The second kappa shape index (κ2) is 6.32. The molecule has 1 aliphatic rings. The number of carbonyl (C=O) groups is 1. The molecule has 2 N–H and O–H groups in total. The van der Waals surface area contributed by atoms with Crippen LogP contribution in [0.3, 0.4) is 0 Å². The molecule has 3 atom stereocenters. The van der Waals surface area contributed by atoms with Crippen LogP contribution in [0, 0.1) is 16.0 Å². The number of carboxylic acids is 1. The van der Waals surface area contributed by atoms with E-state index in [1.807, 2.05) is 0 Å². The highest BCUT2D eigenvalue weighted by atomic mass is 32.1. The molecule has 0 spiro atoms. The molecular formula is C13H18N2O4S. The Morgan fingerprint density at radius 3 is 2.75 bits per heavy atom. The average Bonchev–Trinajstić information content (AvgIpc) is 2.87. The minimum Gasteiger partial charge on any atom is -0.480 e. The molecule has 0 aliphatic heterocycles. The zero-order valence-electron chi connectivity index (χ0n) is 11.2. The molecule has 3 unspecified atom stereocenters. The molecule has 7 heteroatoms. The van der Waals surface area contributed by atoms with Crippen molar-refractivity contribution in [3.05, 3.63) is 27.1 Å². The van der Waals surface area contributed by atoms with Crippen molar-refractivity contribution in [1.82, 2.24) is 5.32 Å². The van der Waals surface area contributed by atoms with Gasteiger partial charge < -0.3 is 5.11 Å². The number of rotatable bonds is 5. The summed E-state index contributed by atoms with van der Waals surface area (Å²) in [7, 11) is 0. The SMILES string of the molecule is CC1CCCCC1NC(C(=O)O)c1ccc([N+](=O)[O-])s1. The molecular weight excluding hydrogens is 280 g/mol. The second-order valence-corrected chi connectivity index (χ2v) is 6.33. The van der Waals surface area contributed by atoms with Crippen molar-refractivity contribution >= 4 is 22.3 Å². The smallest absolute Gasteiger partial charge is 0.326 e. The van der Waals surface area contributed by atoms with Crippen LogP contribution in [0.5, 0.6) is 0 Å². The van der Waals surface area contributed by atoms with Gasteiger partial charge in [-0.25, -0.2) is 0 Å². The predicted octanol–water partition coefficient (Wildman–Crippen LogP) is 2.95. The van der Waals surface area contributed by atoms with Crippen molar-refractivity contribution in [2.75, 3.05) is 0 Å². The minimum absolute atomic E-state index is 0.0234. The van der Waals surface area contributed by atoms with Gasteiger partial charge in [-0.1, -0.05) is 31.1 Å². The van der Waals surface area contributed by atoms with Gasteiger partial charge in [-0.2, -0.15) is 0 Å². The fourth-order valence-electron chi connectivity index (χ4n) is 2.65. The number of carboxylic acid groups (broad SMARTS) is 1. The molecule has 1 aromatic rings. The molecule has 1 heterocycles. The van der Waals surface area contributed by atoms with Crippen molar-refractivity contribution in [2.24, 2.45) is 5.92 Å². The molecule has 0 bridgehead atoms. The number of nitrogens with one attached hydrogen (secondary N) is 1. The fourth-order valence-corrected chi connectivity index (χ4v) is 3.52. The quantitative estimate of drug-likeness (QED) is 0.644. The maximum atomic E-state index is 11.4. The second-order valence-electron chi connectivity index (χ2n) is 5.24. The van der Waals surface area contributed by atoms with E-state index in [-0.39, 0.29) is 11.0 Å². The molecule has 1 aromatic heterocycles. The maximum Gasteiger partial charge on any atom is 0.326 e. The van der Waals surface area contributed by atoms with E-state index < -0.39 is 16.9 Å². The molecule has 2 rings (SSSR count). The van der Waals surface area contributed by atoms with Crippen LogP contribution in [0.4, 0.5) is 5.00 Å². The van der Waals surface area contributed by atoms with Crippen molar-refractivity contribution in [3.8, 4) is 0 Å². The number of hydrogen-bond donors (Lipinski definition) is 2. The average molecular weight is 298 g/mol. The van der Waals surface area contributed by atoms with Crippen LogP contribution in [0.1, 0.15) is 43.5 Å². The number of nitrogens with zero attached hydrogens (tertiary/aromatic N) is 1. The first-order valence-corrected chi connectivity index (χ1v) is 7.53. The molecule has 0 aromatic carbocycles. The molecule has 1 fully saturated rings. The first kappa shape index (κ1) is 14.9. The summed E-state index contributed by atoms with van der Waals surface area (Å²) in [6.45, 7) is 2.12. The third-order valence-corrected chi connectivity index (χ3v) is 4.92. The van der Waals surface area contributed by atoms with Crippen LogP contribution >= 0.6 is 11.3 Å². The lowest BCUT2D eigenvalue weighted by Gasteiger charge is -2.31. The van der Waals surface area contributed by atoms with E-state index in [1.54, 1.807) is 0 Å². The van der Waals surface area contributed by atoms with Crippen LogP contribution in [0.2, 0.25) is 0 Å². The van der Waals surface area contributed by atoms with E-state index in [9.17, 15) is 20.0 Å². The zero-order valence-corrected chi connectivity index (χ0v) is 12.1. The van der Waals surface area contributed by atoms with Crippen LogP contribution < -0.4 is 5.32 Å². The summed E-state index contributed by atoms with van der Waals surface area (Å²) in [4.78, 5) is 22.1. The maximum absolute atomic E-state index is 11.4. The summed E-state index contributed by atoms with van der Waals surface area (Å²) in [5.74, 6) is -0.555. The van der Waals surface area contributed by atoms with Crippen LogP contribution in [-0.2, 0) is 4.79 Å². The Hall–Kier alpha value is -1.47. The third kappa shape index (κ3) is 3.34. The van der Waals surface area contributed by atoms with Gasteiger partial charge in [0, 0.05) is 17.0 Å². The summed E-state index contributed by atoms with van der Waals surface area (Å²) < 4.78 is 0. The first-order chi connectivity index (χ1) is 9.49. The normalized spacial score (nSPS) is 24.2. The van der Waals surface area contributed by atoms with Crippen molar-refractivity contribution in [2.45, 2.75) is 44.7 Å². The van der Waals surface area contributed by atoms with Gasteiger partial charge in [0.15, 0.2) is 0 Å². The zero-order chi connectivity index (χ0) is 14.7. The largest absolute Gasteiger partial charge is 0.480 e. The first-order valence-electron chi connectivity index (χ1n) is 6.72. The highest BCUT2D eigenvalue weighted by Gasteiger charge is 2.30. The predicted molar refractivity (Wildman–Crippen MR) is 75.9 cm³/mol. The molecule has 6 nitrogen and oxygen atoms in total. The molecule has 0 saturated heterocycles. The number of thiophene rings is 1. The molecule has 110 valence electrons. The standard InChI is InChI=1S/C13H18N2O4S/c1-8-4-2-3-5-9(8)14-12(13(16)17)10-6-7-11(20-10)15(18)19/h6-9,12,14H,2-5H2,1H3,(H,16,17). The lowest BCUT2D eigenvalue weighted by molar-refractivity contribution is -0.380. The molecule has 1 saturated carbocycles. The Balaban J connectivity index is 2.13. The van der Waals surface area contributed by atoms with E-state index in [0.29, 0.717) is 10.8 Å². The van der Waals surface area contributed by atoms with Gasteiger partial charge in [0.1, 0.15) is 6.04 Å². The van der Waals surface area contributed by atoms with Gasteiger partial charge in [0.25, 0.3) is 0 Å². The molecule has 1 aliphatic carbocycles. The van der Waals surface area contributed by atoms with Gasteiger partial charge in [-0.15, -0.1) is 0 Å². The van der Waals surface area contributed by atoms with Gasteiger partial charge >= 0.3 is 11.0 Å². The van der Waals surface area contributed by atoms with Crippen LogP contribution in [-0.4, -0.2) is 22.0 Å². The number of aliphatic carboxylic acids is 1. The van der Waals surface area contributed by atoms with E-state index >= 15 is 0 Å². The summed E-state index contributed by atoms with van der Waals surface area (Å²) in [5.41, 5.74) is 0. The minimum atomic E-state index is -0.987. The van der Waals surface area contributed by atoms with Crippen molar-refractivity contribution in [1.29, 1.82) is 0 Å². The number of nitro groups is 1. The van der Waals surface area contributed by atoms with Crippen LogP contribution in [0.15, 0.2) is 12.1 Å². The highest BCUT2D eigenvalue weighted by Crippen LogP contribution is 2.31. The van der Waals surface area contributed by atoms with Crippen molar-refractivity contribution < 1.29 is 14.8 Å². The monoisotopic (exact) mass is 298 g/mol. The Bertz CT molecular complexity index is 502. The van der Waals surface area contributed by atoms with E-state index in [0.717, 1.165) is 30.6 Å². The fraction of sp³-hybridized carbons (Fsp3) is 0.615. The van der Waals surface area contributed by atoms with Gasteiger partial charge in [0.2, 0.25) is 0 Å². The molecule has 0 amide bonds. The number of hydrogen-bond acceptors (Lipinski definition) is 5. The summed E-state index contributed by atoms with van der Waals surface area (Å²) in [6.07, 6.45) is 4.33. The van der Waals surface area contributed by atoms with E-state index in [1.165, 1.54) is 18.6 Å². The van der Waals surface area contributed by atoms with E-state index in [2.05, 4.69) is 12.2 Å². The van der Waals surface area contributed by atoms with Crippen molar-refractivity contribution in [3.63, 3.8) is 0 Å². The van der Waals surface area contributed by atoms with Gasteiger partial charge in [0.05, 0.1) is 4.92 Å². The summed E-state index contributed by atoms with van der Waals surface area (Å²) in [6, 6.07) is 2.19. The lowest BCUT2D eigenvalue weighted by atomic mass is 9.85. The Kier molecular flexibility index (Phi) is 4.72. The lowest BCUT2D eigenvalue weighted by Crippen LogP contribution is -2.42. The molecule has 20 heavy (non-hydrogen) atoms.